The van der Waals surface area contributed by atoms with Crippen LogP contribution in [0.15, 0.2) is 0 Å². The lowest BCUT2D eigenvalue weighted by molar-refractivity contribution is 0.0230. The van der Waals surface area contributed by atoms with Crippen LogP contribution >= 0.6 is 11.8 Å². The van der Waals surface area contributed by atoms with E-state index in [1.165, 1.54) is 0 Å². The average molecular weight is 235 g/mol. The number of nitrogens with one attached hydrogen (secondary N) is 1. The molecule has 0 aromatic heterocycles. The monoisotopic (exact) mass is 234 g/mol. The Kier molecular flexibility index (Phi) is 4.22. The Morgan fingerprint density at radius 3 is 2.80 bits per heavy atom. The summed E-state index contributed by atoms with van der Waals surface area (Å²) in [5.74, 6) is 0. The molecule has 1 fully saturated rings. The lowest BCUT2D eigenvalue weighted by Gasteiger charge is -2.28. The van der Waals surface area contributed by atoms with Gasteiger partial charge in [0, 0.05) is 19.1 Å². The summed E-state index contributed by atoms with van der Waals surface area (Å²) in [5, 5.41) is 0. The highest BCUT2D eigenvalue weighted by atomic mass is 35.5. The fraction of sp³-hybridized carbons (Fsp3) is 0.900. The number of nitrogens with zero attached hydrogens (tertiary/aromatic N) is 1. The molecule has 0 saturated carbocycles. The highest BCUT2D eigenvalue weighted by molar-refractivity contribution is 6.13. The molecule has 1 heterocycles. The molecule has 0 aromatic carbocycles. The Morgan fingerprint density at radius 2 is 2.27 bits per heavy atom. The molecule has 5 heteroatoms. The number of carbonyl (C=O) groups is 1. The highest BCUT2D eigenvalue weighted by Crippen LogP contribution is 2.20. The van der Waals surface area contributed by atoms with Crippen molar-refractivity contribution in [1.82, 2.24) is 9.74 Å². The van der Waals surface area contributed by atoms with E-state index in [1.54, 1.807) is 4.90 Å². The molecule has 15 heavy (non-hydrogen) atoms. The Labute approximate surface area is 96.0 Å². The molecule has 1 amide bonds. The van der Waals surface area contributed by atoms with Crippen LogP contribution in [-0.4, -0.2) is 35.7 Å². The van der Waals surface area contributed by atoms with Crippen molar-refractivity contribution in [2.75, 3.05) is 13.1 Å². The average Bonchev–Trinajstić information content (AvgIpc) is 2.49. The third kappa shape index (κ3) is 3.87. The molecule has 1 atom stereocenters. The first-order valence-electron chi connectivity index (χ1n) is 5.27. The largest absolute Gasteiger partial charge is 0.444 e. The van der Waals surface area contributed by atoms with Crippen LogP contribution in [0.1, 0.15) is 33.6 Å². The first-order valence-corrected chi connectivity index (χ1v) is 5.65. The topological polar surface area (TPSA) is 41.6 Å². The molecule has 88 valence electrons. The zero-order chi connectivity index (χ0) is 11.5. The molecule has 0 radical (unpaired) electrons. The molecule has 0 aromatic rings. The number of ether oxygens (including phenoxy) is 1. The smallest absolute Gasteiger partial charge is 0.410 e. The zero-order valence-corrected chi connectivity index (χ0v) is 10.3. The van der Waals surface area contributed by atoms with Crippen molar-refractivity contribution in [2.45, 2.75) is 45.3 Å². The molecule has 0 unspecified atom stereocenters. The molecule has 1 aliphatic heterocycles. The first kappa shape index (κ1) is 12.6. The van der Waals surface area contributed by atoms with Crippen molar-refractivity contribution in [3.8, 4) is 0 Å². The maximum absolute atomic E-state index is 11.8. The number of hydrogen-bond donors (Lipinski definition) is 1. The van der Waals surface area contributed by atoms with Crippen LogP contribution in [0.2, 0.25) is 0 Å². The molecular weight excluding hydrogens is 216 g/mol. The predicted molar refractivity (Wildman–Crippen MR) is 59.8 cm³/mol. The second-order valence-electron chi connectivity index (χ2n) is 4.81. The summed E-state index contributed by atoms with van der Waals surface area (Å²) >= 11 is 5.46. The molecule has 1 rings (SSSR count). The van der Waals surface area contributed by atoms with Crippen LogP contribution in [0.4, 0.5) is 4.79 Å². The Bertz CT molecular complexity index is 228. The third-order valence-electron chi connectivity index (χ3n) is 2.32. The fourth-order valence-electron chi connectivity index (χ4n) is 1.70. The highest BCUT2D eigenvalue weighted by Gasteiger charge is 2.31. The number of likely N-dealkylation sites (tertiary alicyclic amines) is 1. The lowest BCUT2D eigenvalue weighted by Crippen LogP contribution is -2.42. The zero-order valence-electron chi connectivity index (χ0n) is 9.55. The van der Waals surface area contributed by atoms with Crippen molar-refractivity contribution in [2.24, 2.45) is 0 Å². The number of hydrogen-bond acceptors (Lipinski definition) is 3. The second kappa shape index (κ2) is 5.03. The van der Waals surface area contributed by atoms with Gasteiger partial charge in [0.2, 0.25) is 0 Å². The van der Waals surface area contributed by atoms with E-state index in [1.807, 2.05) is 20.8 Å². The normalized spacial score (nSPS) is 21.9. The molecule has 1 N–H and O–H groups in total. The lowest BCUT2D eigenvalue weighted by atomic mass is 10.2. The summed E-state index contributed by atoms with van der Waals surface area (Å²) in [7, 11) is 0. The Balaban J connectivity index is 2.51. The van der Waals surface area contributed by atoms with Gasteiger partial charge in [0.1, 0.15) is 5.60 Å². The summed E-state index contributed by atoms with van der Waals surface area (Å²) < 4.78 is 5.31. The summed E-state index contributed by atoms with van der Waals surface area (Å²) in [6.45, 7) is 6.99. The number of rotatable bonds is 2. The standard InChI is InChI=1S/C10H19ClN2O2/c1-10(2,3)15-9(14)13-6-4-5-8(13)7-12-11/h8,12H,4-7H2,1-3H3/t8-/m1/s1. The number of halogens is 1. The fourth-order valence-corrected chi connectivity index (χ4v) is 1.88. The minimum atomic E-state index is -0.432. The first-order chi connectivity index (χ1) is 6.94. The van der Waals surface area contributed by atoms with Crippen molar-refractivity contribution >= 4 is 17.9 Å². The van der Waals surface area contributed by atoms with Crippen LogP contribution in [0.25, 0.3) is 0 Å². The van der Waals surface area contributed by atoms with Gasteiger partial charge in [0.25, 0.3) is 0 Å². The summed E-state index contributed by atoms with van der Waals surface area (Å²) in [4.78, 5) is 16.1. The van der Waals surface area contributed by atoms with Gasteiger partial charge in [0.15, 0.2) is 0 Å². The van der Waals surface area contributed by atoms with Crippen molar-refractivity contribution < 1.29 is 9.53 Å². The molecular formula is C10H19ClN2O2. The Hall–Kier alpha value is -0.480. The number of amides is 1. The van der Waals surface area contributed by atoms with Gasteiger partial charge in [-0.15, -0.1) is 0 Å². The maximum Gasteiger partial charge on any atom is 0.410 e. The van der Waals surface area contributed by atoms with Gasteiger partial charge in [-0.05, 0) is 45.4 Å². The van der Waals surface area contributed by atoms with Gasteiger partial charge < -0.3 is 9.64 Å². The van der Waals surface area contributed by atoms with Gasteiger partial charge in [-0.1, -0.05) is 0 Å². The van der Waals surface area contributed by atoms with E-state index in [0.717, 1.165) is 19.4 Å². The van der Waals surface area contributed by atoms with Crippen LogP contribution < -0.4 is 4.84 Å². The van der Waals surface area contributed by atoms with E-state index >= 15 is 0 Å². The predicted octanol–water partition coefficient (Wildman–Crippen LogP) is 2.13. The van der Waals surface area contributed by atoms with Gasteiger partial charge in [-0.25, -0.2) is 9.63 Å². The minimum Gasteiger partial charge on any atom is -0.444 e. The van der Waals surface area contributed by atoms with Gasteiger partial charge in [-0.3, -0.25) is 0 Å². The quantitative estimate of drug-likeness (QED) is 0.745. The molecule has 0 spiro atoms. The van der Waals surface area contributed by atoms with E-state index in [4.69, 9.17) is 16.5 Å². The molecule has 1 aliphatic rings. The van der Waals surface area contributed by atoms with Crippen LogP contribution in [0, 0.1) is 0 Å². The van der Waals surface area contributed by atoms with E-state index in [2.05, 4.69) is 4.84 Å². The Morgan fingerprint density at radius 1 is 1.60 bits per heavy atom. The van der Waals surface area contributed by atoms with Gasteiger partial charge in [-0.2, -0.15) is 0 Å². The molecule has 1 saturated heterocycles. The second-order valence-corrected chi connectivity index (χ2v) is 5.07. The van der Waals surface area contributed by atoms with E-state index in [9.17, 15) is 4.79 Å². The molecule has 0 bridgehead atoms. The van der Waals surface area contributed by atoms with E-state index in [0.29, 0.717) is 6.54 Å². The van der Waals surface area contributed by atoms with Crippen molar-refractivity contribution in [3.63, 3.8) is 0 Å². The number of carbonyl (C=O) groups excluding carboxylic acids is 1. The third-order valence-corrected chi connectivity index (χ3v) is 2.47. The summed E-state index contributed by atoms with van der Waals surface area (Å²) in [5.41, 5.74) is -0.432. The SMILES string of the molecule is CC(C)(C)OC(=O)N1CCC[C@@H]1CNCl. The summed E-state index contributed by atoms with van der Waals surface area (Å²) in [6, 6.07) is 0.164. The molecule has 4 nitrogen and oxygen atoms in total. The van der Waals surface area contributed by atoms with E-state index in [-0.39, 0.29) is 12.1 Å². The van der Waals surface area contributed by atoms with Crippen LogP contribution in [0.5, 0.6) is 0 Å². The van der Waals surface area contributed by atoms with Gasteiger partial charge in [0.05, 0.1) is 0 Å². The van der Waals surface area contributed by atoms with Crippen LogP contribution in [0.3, 0.4) is 0 Å². The molecule has 0 aliphatic carbocycles. The maximum atomic E-state index is 11.8. The van der Waals surface area contributed by atoms with Gasteiger partial charge >= 0.3 is 6.09 Å². The van der Waals surface area contributed by atoms with Crippen molar-refractivity contribution in [1.29, 1.82) is 0 Å². The minimum absolute atomic E-state index is 0.164. The van der Waals surface area contributed by atoms with E-state index < -0.39 is 5.60 Å². The summed E-state index contributed by atoms with van der Waals surface area (Å²) in [6.07, 6.45) is 1.76. The van der Waals surface area contributed by atoms with Crippen LogP contribution in [-0.2, 0) is 4.74 Å². The van der Waals surface area contributed by atoms with Crippen molar-refractivity contribution in [3.05, 3.63) is 0 Å².